The summed E-state index contributed by atoms with van der Waals surface area (Å²) in [4.78, 5) is 15.9. The van der Waals surface area contributed by atoms with E-state index in [0.29, 0.717) is 17.6 Å². The number of fused-ring (bicyclic) bond motifs is 10. The van der Waals surface area contributed by atoms with Gasteiger partial charge in [-0.3, -0.25) is 4.57 Å². The van der Waals surface area contributed by atoms with E-state index in [-0.39, 0.29) is 0 Å². The Morgan fingerprint density at radius 2 is 0.825 bits per heavy atom. The molecule has 9 aromatic carbocycles. The van der Waals surface area contributed by atoms with Crippen molar-refractivity contribution in [1.82, 2.24) is 24.1 Å². The standard InChI is InChI=1S/C58H37N5/c1-5-19-38(20-6-1)55-59-56(39-21-7-2-8-22-39)61-57(60-55)63-51-36-35-50-53(45-29-15-18-32-49(45)62(50)42-25-11-4-12-26-42)54(51)46-34-33-41(37-52(46)63)58(40-23-9-3-10-24-40)47-30-16-13-27-43(47)44-28-14-17-31-48(44)58/h1-37H. The van der Waals surface area contributed by atoms with Crippen LogP contribution in [0.1, 0.15) is 22.3 Å². The van der Waals surface area contributed by atoms with Gasteiger partial charge in [-0.2, -0.15) is 9.97 Å². The molecule has 0 spiro atoms. The number of benzene rings is 9. The average Bonchev–Trinajstić information content (AvgIpc) is 3.99. The van der Waals surface area contributed by atoms with Crippen molar-refractivity contribution in [3.05, 3.63) is 247 Å². The van der Waals surface area contributed by atoms with E-state index in [9.17, 15) is 0 Å². The van der Waals surface area contributed by atoms with Crippen LogP contribution >= 0.6 is 0 Å². The van der Waals surface area contributed by atoms with Crippen molar-refractivity contribution in [3.63, 3.8) is 0 Å². The van der Waals surface area contributed by atoms with Crippen LogP contribution in [0.2, 0.25) is 0 Å². The first-order valence-corrected chi connectivity index (χ1v) is 21.5. The van der Waals surface area contributed by atoms with Crippen molar-refractivity contribution in [3.8, 4) is 45.5 Å². The smallest absolute Gasteiger partial charge is 0.238 e. The Kier molecular flexibility index (Phi) is 7.75. The molecule has 63 heavy (non-hydrogen) atoms. The summed E-state index contributed by atoms with van der Waals surface area (Å²) in [5.74, 6) is 1.80. The molecule has 0 fully saturated rings. The zero-order valence-electron chi connectivity index (χ0n) is 34.1. The fourth-order valence-corrected chi connectivity index (χ4v) is 10.5. The van der Waals surface area contributed by atoms with E-state index in [0.717, 1.165) is 49.7 Å². The van der Waals surface area contributed by atoms with Crippen LogP contribution in [0, 0.1) is 0 Å². The number of nitrogens with zero attached hydrogens (tertiary/aromatic N) is 5. The molecule has 0 unspecified atom stereocenters. The van der Waals surface area contributed by atoms with Crippen LogP contribution < -0.4 is 0 Å². The lowest BCUT2D eigenvalue weighted by Gasteiger charge is -2.34. The minimum Gasteiger partial charge on any atom is -0.309 e. The third-order valence-electron chi connectivity index (χ3n) is 13.1. The normalized spacial score (nSPS) is 12.9. The second-order valence-electron chi connectivity index (χ2n) is 16.3. The molecule has 12 aromatic rings. The van der Waals surface area contributed by atoms with Crippen molar-refractivity contribution in [1.29, 1.82) is 0 Å². The van der Waals surface area contributed by atoms with Crippen molar-refractivity contribution in [2.24, 2.45) is 0 Å². The molecule has 0 N–H and O–H groups in total. The van der Waals surface area contributed by atoms with Gasteiger partial charge in [-0.1, -0.05) is 188 Å². The summed E-state index contributed by atoms with van der Waals surface area (Å²) in [6.07, 6.45) is 0. The Balaban J connectivity index is 1.20. The highest BCUT2D eigenvalue weighted by atomic mass is 15.2. The highest BCUT2D eigenvalue weighted by Crippen LogP contribution is 2.56. The van der Waals surface area contributed by atoms with Crippen molar-refractivity contribution in [2.45, 2.75) is 5.41 Å². The van der Waals surface area contributed by atoms with Gasteiger partial charge in [-0.15, -0.1) is 0 Å². The molecule has 294 valence electrons. The molecule has 1 aliphatic rings. The molecule has 0 bridgehead atoms. The third kappa shape index (κ3) is 5.14. The van der Waals surface area contributed by atoms with Gasteiger partial charge < -0.3 is 4.57 Å². The number of hydrogen-bond donors (Lipinski definition) is 0. The van der Waals surface area contributed by atoms with E-state index in [1.54, 1.807) is 0 Å². The summed E-state index contributed by atoms with van der Waals surface area (Å²) < 4.78 is 4.68. The minimum absolute atomic E-state index is 0.562. The Labute approximate surface area is 363 Å². The fraction of sp³-hybridized carbons (Fsp3) is 0.0172. The molecule has 1 aliphatic carbocycles. The minimum atomic E-state index is -0.591. The van der Waals surface area contributed by atoms with E-state index in [4.69, 9.17) is 15.0 Å². The Bertz CT molecular complexity index is 3620. The van der Waals surface area contributed by atoms with E-state index < -0.39 is 5.41 Å². The van der Waals surface area contributed by atoms with Crippen molar-refractivity contribution < 1.29 is 0 Å². The molecule has 0 atom stereocenters. The maximum absolute atomic E-state index is 5.38. The van der Waals surface area contributed by atoms with Gasteiger partial charge in [0.2, 0.25) is 5.95 Å². The number of aromatic nitrogens is 5. The van der Waals surface area contributed by atoms with Crippen LogP contribution in [0.4, 0.5) is 0 Å². The highest BCUT2D eigenvalue weighted by molar-refractivity contribution is 6.29. The monoisotopic (exact) mass is 803 g/mol. The van der Waals surface area contributed by atoms with Crippen molar-refractivity contribution >= 4 is 43.6 Å². The average molecular weight is 804 g/mol. The fourth-order valence-electron chi connectivity index (χ4n) is 10.5. The maximum Gasteiger partial charge on any atom is 0.238 e. The van der Waals surface area contributed by atoms with Crippen LogP contribution in [0.5, 0.6) is 0 Å². The van der Waals surface area contributed by atoms with Gasteiger partial charge in [-0.05, 0) is 69.8 Å². The number of para-hydroxylation sites is 2. The van der Waals surface area contributed by atoms with Crippen LogP contribution in [0.25, 0.3) is 89.2 Å². The first-order chi connectivity index (χ1) is 31.3. The van der Waals surface area contributed by atoms with Crippen molar-refractivity contribution in [2.75, 3.05) is 0 Å². The number of hydrogen-bond acceptors (Lipinski definition) is 3. The SMILES string of the molecule is c1ccc(-c2nc(-c3ccccc3)nc(-n3c4cc(C5(c6ccccc6)c6ccccc6-c6ccccc65)ccc4c4c5c6ccccc6n(-c6ccccc6)c5ccc43)n2)cc1. The van der Waals surface area contributed by atoms with E-state index >= 15 is 0 Å². The summed E-state index contributed by atoms with van der Waals surface area (Å²) in [5.41, 5.74) is 14.2. The zero-order valence-corrected chi connectivity index (χ0v) is 34.1. The molecule has 0 saturated heterocycles. The molecule has 3 aromatic heterocycles. The number of rotatable bonds is 6. The topological polar surface area (TPSA) is 48.5 Å². The quantitative estimate of drug-likeness (QED) is 0.168. The van der Waals surface area contributed by atoms with Gasteiger partial charge >= 0.3 is 0 Å². The van der Waals surface area contributed by atoms with Gasteiger partial charge in [0.05, 0.1) is 27.5 Å². The Hall–Kier alpha value is -8.41. The maximum atomic E-state index is 5.38. The van der Waals surface area contributed by atoms with E-state index in [1.165, 1.54) is 44.2 Å². The lowest BCUT2D eigenvalue weighted by atomic mass is 9.67. The molecular weight excluding hydrogens is 767 g/mol. The third-order valence-corrected chi connectivity index (χ3v) is 13.1. The second-order valence-corrected chi connectivity index (χ2v) is 16.3. The van der Waals surface area contributed by atoms with Crippen LogP contribution in [-0.2, 0) is 5.41 Å². The predicted octanol–water partition coefficient (Wildman–Crippen LogP) is 13.8. The summed E-state index contributed by atoms with van der Waals surface area (Å²) >= 11 is 0. The van der Waals surface area contributed by atoms with Gasteiger partial charge in [-0.25, -0.2) is 4.98 Å². The van der Waals surface area contributed by atoms with Crippen LogP contribution in [-0.4, -0.2) is 24.1 Å². The molecule has 13 rings (SSSR count). The Morgan fingerprint density at radius 1 is 0.333 bits per heavy atom. The Morgan fingerprint density at radius 3 is 1.44 bits per heavy atom. The van der Waals surface area contributed by atoms with Gasteiger partial charge in [0.15, 0.2) is 11.6 Å². The zero-order chi connectivity index (χ0) is 41.5. The van der Waals surface area contributed by atoms with Crippen LogP contribution in [0.3, 0.4) is 0 Å². The summed E-state index contributed by atoms with van der Waals surface area (Å²) in [7, 11) is 0. The molecule has 0 saturated carbocycles. The summed E-state index contributed by atoms with van der Waals surface area (Å²) in [5, 5.41) is 4.67. The highest BCUT2D eigenvalue weighted by Gasteiger charge is 2.46. The molecule has 0 radical (unpaired) electrons. The molecule has 3 heterocycles. The first kappa shape index (κ1) is 35.4. The first-order valence-electron chi connectivity index (χ1n) is 21.5. The lowest BCUT2D eigenvalue weighted by Crippen LogP contribution is -2.28. The summed E-state index contributed by atoms with van der Waals surface area (Å²) in [6, 6.07) is 80.4. The predicted molar refractivity (Wildman–Crippen MR) is 257 cm³/mol. The molecule has 0 aliphatic heterocycles. The lowest BCUT2D eigenvalue weighted by molar-refractivity contribution is 0.769. The largest absolute Gasteiger partial charge is 0.309 e. The molecule has 5 nitrogen and oxygen atoms in total. The van der Waals surface area contributed by atoms with Gasteiger partial charge in [0, 0.05) is 38.4 Å². The molecule has 5 heteroatoms. The van der Waals surface area contributed by atoms with Gasteiger partial charge in [0.25, 0.3) is 0 Å². The summed E-state index contributed by atoms with van der Waals surface area (Å²) in [6.45, 7) is 0. The van der Waals surface area contributed by atoms with Gasteiger partial charge in [0.1, 0.15) is 0 Å². The van der Waals surface area contributed by atoms with E-state index in [2.05, 4.69) is 197 Å². The van der Waals surface area contributed by atoms with E-state index in [1.807, 2.05) is 36.4 Å². The molecular formula is C58H37N5. The second kappa shape index (κ2) is 13.8. The molecule has 0 amide bonds. The van der Waals surface area contributed by atoms with Crippen LogP contribution in [0.15, 0.2) is 224 Å².